The quantitative estimate of drug-likeness (QED) is 0.709. The predicted molar refractivity (Wildman–Crippen MR) is 96.6 cm³/mol. The lowest BCUT2D eigenvalue weighted by Gasteiger charge is -2.60. The molecule has 5 heteroatoms. The summed E-state index contributed by atoms with van der Waals surface area (Å²) in [6.07, 6.45) is 12.4. The lowest BCUT2D eigenvalue weighted by Crippen LogP contribution is -2.71. The molecule has 1 spiro atoms. The Morgan fingerprint density at radius 3 is 2.50 bits per heavy atom. The van der Waals surface area contributed by atoms with Crippen molar-refractivity contribution in [2.24, 2.45) is 23.2 Å². The first-order valence-electron chi connectivity index (χ1n) is 10.9. The second-order valence-electron chi connectivity index (χ2n) is 10.7. The van der Waals surface area contributed by atoms with Crippen molar-refractivity contribution >= 4 is 6.03 Å². The number of hydrogen-bond acceptors (Lipinski definition) is 3. The number of amides is 2. The van der Waals surface area contributed by atoms with Gasteiger partial charge in [0.1, 0.15) is 0 Å². The van der Waals surface area contributed by atoms with Crippen LogP contribution in [0.5, 0.6) is 0 Å². The molecular formula is C21H32N2O3. The fourth-order valence-electron chi connectivity index (χ4n) is 8.68. The Labute approximate surface area is 155 Å². The molecule has 0 aromatic carbocycles. The van der Waals surface area contributed by atoms with E-state index in [0.29, 0.717) is 23.9 Å². The summed E-state index contributed by atoms with van der Waals surface area (Å²) in [6, 6.07) is 0.298. The van der Waals surface area contributed by atoms with Crippen LogP contribution in [0.2, 0.25) is 0 Å². The summed E-state index contributed by atoms with van der Waals surface area (Å²) in [5, 5.41) is 17.7. The predicted octanol–water partition coefficient (Wildman–Crippen LogP) is 2.72. The van der Waals surface area contributed by atoms with Gasteiger partial charge in [-0.1, -0.05) is 12.8 Å². The highest BCUT2D eigenvalue weighted by Crippen LogP contribution is 2.61. The Hall–Kier alpha value is -0.810. The number of aliphatic hydroxyl groups is 1. The fourth-order valence-corrected chi connectivity index (χ4v) is 8.68. The minimum absolute atomic E-state index is 0.0113. The molecule has 7 rings (SSSR count). The van der Waals surface area contributed by atoms with E-state index in [1.165, 1.54) is 32.1 Å². The summed E-state index contributed by atoms with van der Waals surface area (Å²) in [7, 11) is 0. The maximum atomic E-state index is 13.0. The van der Waals surface area contributed by atoms with Gasteiger partial charge in [-0.2, -0.15) is 0 Å². The molecule has 7 fully saturated rings. The van der Waals surface area contributed by atoms with E-state index in [1.807, 2.05) is 0 Å². The monoisotopic (exact) mass is 360 g/mol. The van der Waals surface area contributed by atoms with Gasteiger partial charge in [-0.25, -0.2) is 4.79 Å². The molecule has 6 saturated carbocycles. The number of carbonyl (C=O) groups excluding carboxylic acids is 1. The number of hydrogen-bond donors (Lipinski definition) is 3. The first-order chi connectivity index (χ1) is 12.5. The van der Waals surface area contributed by atoms with Gasteiger partial charge in [-0.3, -0.25) is 0 Å². The molecule has 1 heterocycles. The van der Waals surface area contributed by atoms with Crippen LogP contribution in [0.3, 0.4) is 0 Å². The third kappa shape index (κ3) is 2.13. The van der Waals surface area contributed by atoms with E-state index in [4.69, 9.17) is 4.74 Å². The van der Waals surface area contributed by atoms with Gasteiger partial charge < -0.3 is 20.5 Å². The number of urea groups is 1. The lowest BCUT2D eigenvalue weighted by atomic mass is 9.51. The highest BCUT2D eigenvalue weighted by molar-refractivity contribution is 5.75. The smallest absolute Gasteiger partial charge is 0.315 e. The van der Waals surface area contributed by atoms with E-state index in [1.54, 1.807) is 0 Å². The van der Waals surface area contributed by atoms with Crippen LogP contribution in [0.15, 0.2) is 0 Å². The number of nitrogens with one attached hydrogen (secondary N) is 2. The van der Waals surface area contributed by atoms with Crippen molar-refractivity contribution < 1.29 is 14.6 Å². The molecule has 5 nitrogen and oxygen atoms in total. The van der Waals surface area contributed by atoms with Crippen molar-refractivity contribution in [1.29, 1.82) is 0 Å². The van der Waals surface area contributed by atoms with Crippen LogP contribution in [-0.4, -0.2) is 41.0 Å². The second-order valence-corrected chi connectivity index (χ2v) is 10.7. The number of ether oxygens (including phenoxy) is 1. The number of fused-ring (bicyclic) bond motifs is 2. The normalized spacial score (nSPS) is 52.7. The third-order valence-electron chi connectivity index (χ3n) is 8.98. The van der Waals surface area contributed by atoms with Crippen LogP contribution in [0.1, 0.15) is 70.6 Å². The van der Waals surface area contributed by atoms with Gasteiger partial charge in [0.2, 0.25) is 0 Å². The molecule has 0 aromatic heterocycles. The Morgan fingerprint density at radius 2 is 1.81 bits per heavy atom. The summed E-state index contributed by atoms with van der Waals surface area (Å²) in [5.74, 6) is 1.71. The van der Waals surface area contributed by atoms with Crippen LogP contribution >= 0.6 is 0 Å². The summed E-state index contributed by atoms with van der Waals surface area (Å²) < 4.78 is 6.04. The molecule has 0 radical (unpaired) electrons. The van der Waals surface area contributed by atoms with E-state index >= 15 is 0 Å². The molecule has 5 atom stereocenters. The molecule has 1 saturated heterocycles. The van der Waals surface area contributed by atoms with E-state index in [9.17, 15) is 9.90 Å². The highest BCUT2D eigenvalue weighted by Gasteiger charge is 2.65. The first-order valence-corrected chi connectivity index (χ1v) is 10.9. The topological polar surface area (TPSA) is 70.6 Å². The fraction of sp³-hybridized carbons (Fsp3) is 0.952. The molecule has 1 aliphatic heterocycles. The molecule has 2 amide bonds. The average molecular weight is 360 g/mol. The standard InChI is InChI=1S/C21H32N2O3/c24-18(22-16-15-3-6-26-17(15)21(16)4-1-2-5-21)23-19-8-13-7-14(9-19)11-20(25,10-13)12-19/h13-17,25H,1-12H2,(H2,22,23,24). The van der Waals surface area contributed by atoms with Crippen molar-refractivity contribution in [3.63, 3.8) is 0 Å². The van der Waals surface area contributed by atoms with E-state index in [-0.39, 0.29) is 23.0 Å². The molecular weight excluding hydrogens is 328 g/mol. The Balaban J connectivity index is 1.18. The zero-order chi connectivity index (χ0) is 17.6. The zero-order valence-corrected chi connectivity index (χ0v) is 15.6. The molecule has 4 bridgehead atoms. The van der Waals surface area contributed by atoms with Crippen LogP contribution in [0, 0.1) is 23.2 Å². The van der Waals surface area contributed by atoms with Crippen LogP contribution in [0.25, 0.3) is 0 Å². The average Bonchev–Trinajstić information content (AvgIpc) is 3.18. The van der Waals surface area contributed by atoms with Gasteiger partial charge in [-0.05, 0) is 69.6 Å². The molecule has 6 aliphatic carbocycles. The van der Waals surface area contributed by atoms with Gasteiger partial charge in [0.25, 0.3) is 0 Å². The van der Waals surface area contributed by atoms with Gasteiger partial charge in [-0.15, -0.1) is 0 Å². The molecule has 7 aliphatic rings. The molecule has 144 valence electrons. The zero-order valence-electron chi connectivity index (χ0n) is 15.6. The molecule has 26 heavy (non-hydrogen) atoms. The van der Waals surface area contributed by atoms with Crippen LogP contribution in [-0.2, 0) is 4.74 Å². The highest BCUT2D eigenvalue weighted by atomic mass is 16.5. The van der Waals surface area contributed by atoms with Gasteiger partial charge >= 0.3 is 6.03 Å². The van der Waals surface area contributed by atoms with Gasteiger partial charge in [0.15, 0.2) is 0 Å². The van der Waals surface area contributed by atoms with Crippen molar-refractivity contribution in [2.45, 2.75) is 93.9 Å². The van der Waals surface area contributed by atoms with Gasteiger partial charge in [0.05, 0.1) is 11.7 Å². The maximum Gasteiger partial charge on any atom is 0.315 e. The Kier molecular flexibility index (Phi) is 3.21. The summed E-state index contributed by atoms with van der Waals surface area (Å²) >= 11 is 0. The minimum atomic E-state index is -0.523. The summed E-state index contributed by atoms with van der Waals surface area (Å²) in [5.41, 5.74) is -0.482. The van der Waals surface area contributed by atoms with Crippen molar-refractivity contribution in [3.8, 4) is 0 Å². The second kappa shape index (κ2) is 5.16. The molecule has 0 aromatic rings. The van der Waals surface area contributed by atoms with E-state index in [2.05, 4.69) is 10.6 Å². The minimum Gasteiger partial charge on any atom is -0.390 e. The molecule has 3 N–H and O–H groups in total. The maximum absolute atomic E-state index is 13.0. The number of carbonyl (C=O) groups is 1. The van der Waals surface area contributed by atoms with Crippen molar-refractivity contribution in [2.75, 3.05) is 6.61 Å². The summed E-state index contributed by atoms with van der Waals surface area (Å²) in [6.45, 7) is 0.858. The third-order valence-corrected chi connectivity index (χ3v) is 8.98. The van der Waals surface area contributed by atoms with Crippen molar-refractivity contribution in [1.82, 2.24) is 10.6 Å². The van der Waals surface area contributed by atoms with Crippen LogP contribution < -0.4 is 10.6 Å². The largest absolute Gasteiger partial charge is 0.390 e. The lowest BCUT2D eigenvalue weighted by molar-refractivity contribution is -0.140. The van der Waals surface area contributed by atoms with Gasteiger partial charge in [0, 0.05) is 29.5 Å². The van der Waals surface area contributed by atoms with E-state index in [0.717, 1.165) is 45.1 Å². The van der Waals surface area contributed by atoms with Crippen molar-refractivity contribution in [3.05, 3.63) is 0 Å². The Bertz CT molecular complexity index is 615. The molecule has 5 unspecified atom stereocenters. The Morgan fingerprint density at radius 1 is 1.08 bits per heavy atom. The van der Waals surface area contributed by atoms with Crippen LogP contribution in [0.4, 0.5) is 4.79 Å². The first kappa shape index (κ1) is 16.2. The SMILES string of the molecule is O=C(NC1C2CCOC2C12CCCC2)NC12CC3CC(CC(O)(C3)C1)C2. The van der Waals surface area contributed by atoms with E-state index < -0.39 is 5.60 Å². The number of rotatable bonds is 2. The summed E-state index contributed by atoms with van der Waals surface area (Å²) in [4.78, 5) is 13.0.